The first-order valence-electron chi connectivity index (χ1n) is 40.8. The summed E-state index contributed by atoms with van der Waals surface area (Å²) in [6, 6.07) is 45.5. The van der Waals surface area contributed by atoms with Crippen LogP contribution in [0, 0.1) is 40.4 Å². The molecule has 0 N–H and O–H groups in total. The molecule has 7 aliphatic heterocycles. The van der Waals surface area contributed by atoms with Gasteiger partial charge < -0.3 is 33.0 Å². The second-order valence-corrected chi connectivity index (χ2v) is 33.3. The van der Waals surface area contributed by atoms with Crippen LogP contribution in [0.25, 0.3) is 64.5 Å². The van der Waals surface area contributed by atoms with Gasteiger partial charge in [0.05, 0.1) is 18.0 Å². The number of benzene rings is 5. The van der Waals surface area contributed by atoms with Crippen LogP contribution in [-0.4, -0.2) is 130 Å². The summed E-state index contributed by atoms with van der Waals surface area (Å²) in [6.45, 7) is 26.2. The van der Waals surface area contributed by atoms with Gasteiger partial charge in [-0.1, -0.05) is 94.0 Å². The lowest BCUT2D eigenvalue weighted by atomic mass is 9.95. The number of carbonyl (C=O) groups is 1. The van der Waals surface area contributed by atoms with Gasteiger partial charge in [0.25, 0.3) is 0 Å². The van der Waals surface area contributed by atoms with Crippen molar-refractivity contribution < 1.29 is 9.18 Å². The van der Waals surface area contributed by atoms with E-state index in [-0.39, 0.29) is 23.7 Å². The molecular weight excluding hydrogens is 1430 g/mol. The first-order valence-corrected chi connectivity index (χ1v) is 41.2. The van der Waals surface area contributed by atoms with Crippen molar-refractivity contribution in [2.45, 2.75) is 181 Å². The summed E-state index contributed by atoms with van der Waals surface area (Å²) in [4.78, 5) is 45.1. The molecule has 3 saturated heterocycles. The lowest BCUT2D eigenvalue weighted by Crippen LogP contribution is -2.35. The summed E-state index contributed by atoms with van der Waals surface area (Å²) in [6.07, 6.45) is 19.1. The van der Waals surface area contributed by atoms with Crippen molar-refractivity contribution in [3.05, 3.63) is 285 Å². The maximum Gasteiger partial charge on any atom is 0.231 e. The Morgan fingerprint density at radius 3 is 1.50 bits per heavy atom. The Hall–Kier alpha value is -10.1. The van der Waals surface area contributed by atoms with Crippen LogP contribution in [0.4, 0.5) is 4.39 Å². The second kappa shape index (κ2) is 33.5. The molecule has 19 rings (SSSR count). The number of hydrogen-bond acceptors (Lipinski definition) is 10. The van der Waals surface area contributed by atoms with E-state index < -0.39 is 6.04 Å². The number of hydrogen-bond donors (Lipinski definition) is 0. The Morgan fingerprint density at radius 2 is 0.973 bits per heavy atom. The number of likely N-dealkylation sites (tertiary alicyclic amines) is 1. The van der Waals surface area contributed by atoms with Gasteiger partial charge in [-0.25, -0.2) is 4.39 Å². The first-order chi connectivity index (χ1) is 54.9. The zero-order valence-corrected chi connectivity index (χ0v) is 67.4. The van der Waals surface area contributed by atoms with Crippen LogP contribution >= 0.6 is 11.6 Å². The van der Waals surface area contributed by atoms with E-state index in [9.17, 15) is 14.7 Å². The SMILES string of the molecule is CN1CCc2c(c3cc(Cl)ccc3n2CC(N=[N+]=[N-])c2ccc(F)cc2)C1.Cc1ccc2c(c1)c1c(n2CC(C(=O)N2CCCC2)c2cccnc2)CCN(C)C1.Cc1ccc2c(c1)c1c(n2CC(C)c2ccc(C)nc2)CCN2CCCC12.Cc1ccc2c(c1)c1c(n2CC(N=[N+]=[N-])c2ccc(C)nc2)CCN2CCCC12. The summed E-state index contributed by atoms with van der Waals surface area (Å²) in [5.41, 5.74) is 44.9. The van der Waals surface area contributed by atoms with Crippen LogP contribution in [0.2, 0.25) is 5.02 Å². The molecule has 7 aliphatic rings. The van der Waals surface area contributed by atoms with Crippen LogP contribution in [0.3, 0.4) is 0 Å². The molecule has 1 amide bonds. The molecule has 21 heteroatoms. The van der Waals surface area contributed by atoms with Crippen molar-refractivity contribution in [3.63, 3.8) is 0 Å². The van der Waals surface area contributed by atoms with Gasteiger partial charge in [0, 0.05) is 240 Å². The zero-order valence-electron chi connectivity index (χ0n) is 66.7. The van der Waals surface area contributed by atoms with Crippen LogP contribution in [0.15, 0.2) is 168 Å². The molecule has 0 radical (unpaired) electrons. The Labute approximate surface area is 667 Å². The van der Waals surface area contributed by atoms with E-state index in [0.717, 1.165) is 123 Å². The summed E-state index contributed by atoms with van der Waals surface area (Å²) >= 11 is 6.25. The predicted molar refractivity (Wildman–Crippen MR) is 451 cm³/mol. The van der Waals surface area contributed by atoms with Crippen molar-refractivity contribution in [2.24, 2.45) is 10.2 Å². The number of rotatable bonds is 15. The minimum absolute atomic E-state index is 0.197. The van der Waals surface area contributed by atoms with E-state index in [1.165, 1.54) is 153 Å². The van der Waals surface area contributed by atoms with Crippen molar-refractivity contribution >= 4 is 61.1 Å². The molecule has 3 fully saturated rings. The molecular formula is C92H104ClFN18O. The summed E-state index contributed by atoms with van der Waals surface area (Å²) < 4.78 is 23.0. The highest BCUT2D eigenvalue weighted by atomic mass is 35.5. The Kier molecular flexibility index (Phi) is 22.8. The highest BCUT2D eigenvalue weighted by molar-refractivity contribution is 6.31. The smallest absolute Gasteiger partial charge is 0.231 e. The molecule has 19 nitrogen and oxygen atoms in total. The molecule has 0 saturated carbocycles. The number of aromatic nitrogens is 7. The summed E-state index contributed by atoms with van der Waals surface area (Å²) in [5.74, 6) is 0.203. The quantitative estimate of drug-likeness (QED) is 0.0550. The van der Waals surface area contributed by atoms with Gasteiger partial charge in [0.15, 0.2) is 0 Å². The van der Waals surface area contributed by atoms with Crippen molar-refractivity contribution in [3.8, 4) is 0 Å². The Balaban J connectivity index is 0.000000114. The number of carbonyl (C=O) groups excluding carboxylic acids is 1. The normalized spacial score (nSPS) is 18.4. The minimum Gasteiger partial charge on any atom is -0.344 e. The number of nitrogens with zero attached hydrogens (tertiary/aromatic N) is 18. The van der Waals surface area contributed by atoms with E-state index in [0.29, 0.717) is 42.7 Å². The second-order valence-electron chi connectivity index (χ2n) is 32.8. The lowest BCUT2D eigenvalue weighted by molar-refractivity contribution is -0.132. The summed E-state index contributed by atoms with van der Waals surface area (Å²) in [5, 5.41) is 14.2. The minimum atomic E-state index is -0.411. The topological polar surface area (TPSA) is 189 Å². The lowest BCUT2D eigenvalue weighted by Gasteiger charge is -2.31. The van der Waals surface area contributed by atoms with E-state index >= 15 is 0 Å². The van der Waals surface area contributed by atoms with E-state index in [2.05, 4.69) is 201 Å². The van der Waals surface area contributed by atoms with Crippen molar-refractivity contribution in [2.75, 3.05) is 66.5 Å². The largest absolute Gasteiger partial charge is 0.344 e. The van der Waals surface area contributed by atoms with Crippen LogP contribution < -0.4 is 0 Å². The monoisotopic (exact) mass is 1530 g/mol. The number of azide groups is 2. The molecule has 14 heterocycles. The number of amides is 1. The molecule has 582 valence electrons. The molecule has 0 spiro atoms. The third-order valence-electron chi connectivity index (χ3n) is 25.2. The van der Waals surface area contributed by atoms with Gasteiger partial charge in [-0.05, 0) is 241 Å². The van der Waals surface area contributed by atoms with Gasteiger partial charge in [0.1, 0.15) is 5.82 Å². The van der Waals surface area contributed by atoms with Crippen molar-refractivity contribution in [1.82, 2.24) is 57.7 Å². The number of aryl methyl sites for hydroxylation is 5. The maximum absolute atomic E-state index is 13.6. The number of pyridine rings is 3. The van der Waals surface area contributed by atoms with Crippen LogP contribution in [0.1, 0.15) is 177 Å². The molecule has 5 aromatic carbocycles. The van der Waals surface area contributed by atoms with Gasteiger partial charge in [0.2, 0.25) is 5.91 Å². The first kappa shape index (κ1) is 76.8. The zero-order chi connectivity index (χ0) is 78.1. The fourth-order valence-electron chi connectivity index (χ4n) is 19.5. The standard InChI is InChI=1S/C25H30N4O.C24H29N3.C23H26N6.C20H19ClFN5/c1-18-7-8-23-20(14-18)22-16-27(2)13-9-24(22)29(23)17-21(19-6-5-10-26-15-19)25(30)28-11-3-4-12-28;1-16-6-9-21-20(13-16)24-22-5-4-11-26(22)12-10-23(24)27(21)15-17(2)19-8-7-18(3)25-14-19;1-15-5-8-20-18(12-15)23-21-4-3-10-28(21)11-9-22(23)29(20)14-19(26-27-24)17-7-6-16(2)25-13-17;1-26-9-8-20-17(11-26)16-10-14(21)4-7-19(16)27(20)12-18(24-25-23)13-2-5-15(22)6-3-13/h5-8,10,14-15,21H,3-4,9,11-13,16-17H2,1-2H3;6-9,13-14,17,22H,4-5,10-12,15H2,1-3H3;5-8,12-13,19,21H,3-4,9-11,14H2,1-2H3;2-7,10,18H,8-9,11-12H2,1H3. The molecule has 0 aliphatic carbocycles. The third kappa shape index (κ3) is 15.9. The van der Waals surface area contributed by atoms with Gasteiger partial charge in [-0.15, -0.1) is 0 Å². The maximum atomic E-state index is 13.6. The molecule has 12 aromatic rings. The number of likely N-dealkylation sites (N-methyl/N-ethyl adjacent to an activating group) is 2. The predicted octanol–water partition coefficient (Wildman–Crippen LogP) is 19.8. The molecule has 0 bridgehead atoms. The number of halogens is 2. The average Bonchev–Trinajstić information content (AvgIpc) is 1.60. The van der Waals surface area contributed by atoms with Crippen LogP contribution in [-0.2, 0) is 69.7 Å². The summed E-state index contributed by atoms with van der Waals surface area (Å²) in [7, 11) is 4.30. The Morgan fingerprint density at radius 1 is 0.504 bits per heavy atom. The Bertz CT molecular complexity index is 5570. The van der Waals surface area contributed by atoms with E-state index in [1.54, 1.807) is 29.6 Å². The fourth-order valence-corrected chi connectivity index (χ4v) is 19.6. The van der Waals surface area contributed by atoms with Crippen molar-refractivity contribution in [1.29, 1.82) is 0 Å². The average molecular weight is 1530 g/mol. The molecule has 6 unspecified atom stereocenters. The van der Waals surface area contributed by atoms with Gasteiger partial charge >= 0.3 is 0 Å². The fraction of sp³-hybridized carbons (Fsp3) is 0.413. The van der Waals surface area contributed by atoms with E-state index in [4.69, 9.17) is 17.1 Å². The third-order valence-corrected chi connectivity index (χ3v) is 25.4. The molecule has 6 atom stereocenters. The molecule has 113 heavy (non-hydrogen) atoms. The van der Waals surface area contributed by atoms with Crippen LogP contribution in [0.5, 0.6) is 0 Å². The highest BCUT2D eigenvalue weighted by Crippen LogP contribution is 2.47. The number of fused-ring (bicyclic) bond motifs is 16. The molecule has 7 aromatic heterocycles. The van der Waals surface area contributed by atoms with E-state index in [1.807, 2.05) is 60.6 Å². The highest BCUT2D eigenvalue weighted by Gasteiger charge is 2.39. The van der Waals surface area contributed by atoms with Gasteiger partial charge in [-0.3, -0.25) is 29.5 Å². The van der Waals surface area contributed by atoms with Gasteiger partial charge in [-0.2, -0.15) is 0 Å².